The Morgan fingerprint density at radius 2 is 1.27 bits per heavy atom. The van der Waals surface area contributed by atoms with Crippen molar-refractivity contribution in [2.45, 2.75) is 23.6 Å². The molecule has 52 heavy (non-hydrogen) atoms. The van der Waals surface area contributed by atoms with E-state index in [1.165, 1.54) is 22.7 Å². The zero-order valence-corrected chi connectivity index (χ0v) is 31.0. The van der Waals surface area contributed by atoms with Crippen molar-refractivity contribution in [2.24, 2.45) is 10.1 Å². The van der Waals surface area contributed by atoms with Crippen LogP contribution in [-0.4, -0.2) is 51.0 Å². The van der Waals surface area contributed by atoms with E-state index in [2.05, 4.69) is 15.1 Å². The highest BCUT2D eigenvalue weighted by atomic mass is 32.2. The van der Waals surface area contributed by atoms with Crippen LogP contribution in [0.3, 0.4) is 0 Å². The molecule has 17 heteroatoms. The average molecular weight is 787 g/mol. The molecule has 0 radical (unpaired) electrons. The minimum Gasteiger partial charge on any atom is -0.282 e. The van der Waals surface area contributed by atoms with E-state index >= 15 is 0 Å². The number of azo groups is 1. The number of benzene rings is 5. The number of nitrogens with zero attached hydrogens (tertiary/aromatic N) is 5. The van der Waals surface area contributed by atoms with Crippen LogP contribution in [0.25, 0.3) is 41.6 Å². The molecule has 0 saturated heterocycles. The smallest absolute Gasteiger partial charge is 0.282 e. The molecule has 1 aliphatic heterocycles. The van der Waals surface area contributed by atoms with E-state index < -0.39 is 20.2 Å². The topological polar surface area (TPSA) is 182 Å². The minimum absolute atomic E-state index is 0.123. The molecule has 7 aromatic rings. The van der Waals surface area contributed by atoms with Gasteiger partial charge in [-0.15, -0.1) is 33.6 Å². The summed E-state index contributed by atoms with van der Waals surface area (Å²) in [6.45, 7) is 3.25. The van der Waals surface area contributed by atoms with Crippen molar-refractivity contribution in [1.29, 1.82) is 0 Å². The molecule has 1 aliphatic rings. The van der Waals surface area contributed by atoms with E-state index in [-0.39, 0.29) is 9.79 Å². The Balaban J connectivity index is 1.02. The lowest BCUT2D eigenvalue weighted by Gasteiger charge is -2.02. The van der Waals surface area contributed by atoms with E-state index in [9.17, 15) is 31.1 Å². The molecule has 0 amide bonds. The summed E-state index contributed by atoms with van der Waals surface area (Å²) in [5.74, 6) is 0. The number of aryl methyl sites for hydroxylation is 2. The predicted molar refractivity (Wildman–Crippen MR) is 201 cm³/mol. The maximum Gasteiger partial charge on any atom is 0.296 e. The van der Waals surface area contributed by atoms with Gasteiger partial charge >= 0.3 is 0 Å². The first kappa shape index (κ1) is 34.1. The van der Waals surface area contributed by atoms with Gasteiger partial charge in [0.1, 0.15) is 35.3 Å². The van der Waals surface area contributed by atoms with E-state index in [1.807, 2.05) is 30.3 Å². The third kappa shape index (κ3) is 6.25. The van der Waals surface area contributed by atoms with Crippen LogP contribution in [0.15, 0.2) is 111 Å². The third-order valence-electron chi connectivity index (χ3n) is 8.24. The highest BCUT2D eigenvalue weighted by molar-refractivity contribution is 7.92. The number of aromatic nitrogens is 2. The maximum atomic E-state index is 12.1. The predicted octanol–water partition coefficient (Wildman–Crippen LogP) is 7.96. The van der Waals surface area contributed by atoms with Crippen molar-refractivity contribution in [2.75, 3.05) is 0 Å². The molecule has 260 valence electrons. The molecule has 2 aromatic heterocycles. The van der Waals surface area contributed by atoms with Gasteiger partial charge in [-0.1, -0.05) is 12.1 Å². The summed E-state index contributed by atoms with van der Waals surface area (Å²) in [5, 5.41) is 16.9. The first-order valence-corrected chi connectivity index (χ1v) is 20.6. The summed E-state index contributed by atoms with van der Waals surface area (Å²) >= 11 is 2.68. The zero-order chi connectivity index (χ0) is 36.5. The molecule has 0 fully saturated rings. The highest BCUT2D eigenvalue weighted by Gasteiger charge is 2.22. The molecule has 5 aromatic carbocycles. The molecular weight excluding hydrogens is 763 g/mol. The first-order valence-electron chi connectivity index (χ1n) is 15.3. The molecular formula is C35H24N5O7S5+. The molecule has 3 N–H and O–H groups in total. The molecule has 0 bridgehead atoms. The second kappa shape index (κ2) is 12.6. The molecule has 0 spiro atoms. The molecule has 12 nitrogen and oxygen atoms in total. The van der Waals surface area contributed by atoms with Crippen LogP contribution in [0.5, 0.6) is 0 Å². The van der Waals surface area contributed by atoms with Gasteiger partial charge < -0.3 is 0 Å². The monoisotopic (exact) mass is 786 g/mol. The number of thiazole rings is 2. The van der Waals surface area contributed by atoms with E-state index in [0.29, 0.717) is 52.6 Å². The summed E-state index contributed by atoms with van der Waals surface area (Å²) in [4.78, 5) is 15.0. The minimum atomic E-state index is -4.42. The summed E-state index contributed by atoms with van der Waals surface area (Å²) in [5.41, 5.74) is 5.39. The lowest BCUT2D eigenvalue weighted by Crippen LogP contribution is -2.10. The summed E-state index contributed by atoms with van der Waals surface area (Å²) in [6, 6.07) is 26.4. The Bertz CT molecular complexity index is 3080. The Morgan fingerprint density at radius 3 is 1.98 bits per heavy atom. The largest absolute Gasteiger partial charge is 0.296 e. The average Bonchev–Trinajstić information content (AvgIpc) is 3.84. The van der Waals surface area contributed by atoms with Crippen molar-refractivity contribution in [1.82, 2.24) is 9.97 Å². The number of fused-ring (bicyclic) bond motifs is 3. The van der Waals surface area contributed by atoms with Gasteiger partial charge in [-0.25, -0.2) is 15.0 Å². The quantitative estimate of drug-likeness (QED) is 0.0475. The molecule has 3 heterocycles. The fourth-order valence-corrected chi connectivity index (χ4v) is 11.4. The van der Waals surface area contributed by atoms with Crippen molar-refractivity contribution in [3.63, 3.8) is 0 Å². The first-order chi connectivity index (χ1) is 24.7. The summed E-state index contributed by atoms with van der Waals surface area (Å²) in [6.07, 6.45) is 0. The van der Waals surface area contributed by atoms with Gasteiger partial charge in [-0.2, -0.15) is 16.8 Å². The van der Waals surface area contributed by atoms with Crippen LogP contribution < -0.4 is 5.36 Å². The number of hydrogen-bond donors (Lipinski definition) is 3. The second-order valence-corrected chi connectivity index (χ2v) is 17.5. The van der Waals surface area contributed by atoms with Crippen LogP contribution >= 0.6 is 33.6 Å². The summed E-state index contributed by atoms with van der Waals surface area (Å²) in [7, 11) is -7.68. The summed E-state index contributed by atoms with van der Waals surface area (Å²) < 4.78 is 69.4. The van der Waals surface area contributed by atoms with Crippen LogP contribution in [0.2, 0.25) is 0 Å². The lowest BCUT2D eigenvalue weighted by molar-refractivity contribution is -0.761. The van der Waals surface area contributed by atoms with Crippen molar-refractivity contribution < 1.29 is 36.0 Å². The molecule has 0 aliphatic carbocycles. The maximum absolute atomic E-state index is 12.1. The number of hydrogen-bond acceptors (Lipinski definition) is 10. The van der Waals surface area contributed by atoms with Crippen molar-refractivity contribution in [3.05, 3.63) is 118 Å². The van der Waals surface area contributed by atoms with Crippen molar-refractivity contribution >= 4 is 90.6 Å². The third-order valence-corrected chi connectivity index (χ3v) is 13.9. The second-order valence-electron chi connectivity index (χ2n) is 11.8. The molecule has 0 unspecified atom stereocenters. The fraction of sp³-hybridized carbons (Fsp3) is 0.0571. The van der Waals surface area contributed by atoms with Gasteiger partial charge in [0.2, 0.25) is 0 Å². The zero-order valence-electron chi connectivity index (χ0n) is 26.9. The SMILES string of the molecule is Cc1ccc2c(c1S(=O)(=O)O)=S=C(c1ccc(N=[N+](O)c3ccc(-c4nc5ccc(-c6nc7ccc(C)c(S(=O)(=O)O)c7s6)cc5s4)cc3)cc1)N=2. The Kier molecular flexibility index (Phi) is 8.25. The van der Waals surface area contributed by atoms with Crippen LogP contribution in [-0.2, 0) is 20.2 Å². The molecule has 8 rings (SSSR count). The van der Waals surface area contributed by atoms with E-state index in [0.717, 1.165) is 47.7 Å². The standard InChI is InChI=1S/C35H23N5O7S5/c1-18-3-14-26-29(31(18)51(42,43)44)49-34(37-26)20-5-10-23(11-6-20)39-40(41)24-12-7-21(8-13-24)33-36-25-16-9-22(17-28(25)48-33)35-38-27-15-4-19(2)32(30(27)50-35)52(45,46)47/h3-17H,1-2H3,(H2-,39,41,42,43,44,45,46,47)/p+1. The Morgan fingerprint density at radius 1 is 0.673 bits per heavy atom. The molecule has 0 atom stereocenters. The van der Waals surface area contributed by atoms with Gasteiger partial charge in [-0.05, 0) is 91.7 Å². The Hall–Kier alpha value is -5.01. The Labute approximate surface area is 307 Å². The van der Waals surface area contributed by atoms with Crippen LogP contribution in [0, 0.1) is 18.4 Å². The van der Waals surface area contributed by atoms with Gasteiger partial charge in [0.05, 0.1) is 35.4 Å². The number of rotatable bonds is 7. The van der Waals surface area contributed by atoms with E-state index in [1.54, 1.807) is 74.5 Å². The van der Waals surface area contributed by atoms with Gasteiger partial charge in [0.25, 0.3) is 25.9 Å². The fourth-order valence-electron chi connectivity index (χ4n) is 5.78. The lowest BCUT2D eigenvalue weighted by atomic mass is 10.2. The van der Waals surface area contributed by atoms with Gasteiger partial charge in [0, 0.05) is 28.8 Å². The van der Waals surface area contributed by atoms with E-state index in [4.69, 9.17) is 4.98 Å². The normalized spacial score (nSPS) is 13.4. The van der Waals surface area contributed by atoms with Gasteiger partial charge in [0.15, 0.2) is 0 Å². The van der Waals surface area contributed by atoms with Crippen LogP contribution in [0.4, 0.5) is 11.4 Å². The van der Waals surface area contributed by atoms with Crippen LogP contribution in [0.1, 0.15) is 16.7 Å². The highest BCUT2D eigenvalue weighted by Crippen LogP contribution is 2.38. The van der Waals surface area contributed by atoms with Gasteiger partial charge in [-0.3, -0.25) is 14.3 Å². The molecule has 0 saturated carbocycles. The van der Waals surface area contributed by atoms with Crippen molar-refractivity contribution in [3.8, 4) is 21.1 Å².